The Bertz CT molecular complexity index is 838. The van der Waals surface area contributed by atoms with Gasteiger partial charge in [0, 0.05) is 45.2 Å². The van der Waals surface area contributed by atoms with E-state index < -0.39 is 0 Å². The molecule has 0 fully saturated rings. The number of aromatic nitrogens is 2. The number of hydrogen-bond acceptors (Lipinski definition) is 6. The Morgan fingerprint density at radius 3 is 2.54 bits per heavy atom. The highest BCUT2D eigenvalue weighted by atomic mass is 16.5. The molecule has 7 nitrogen and oxygen atoms in total. The van der Waals surface area contributed by atoms with Gasteiger partial charge in [-0.2, -0.15) is 4.98 Å². The molecule has 0 unspecified atom stereocenters. The van der Waals surface area contributed by atoms with Crippen molar-refractivity contribution in [2.75, 3.05) is 25.5 Å². The van der Waals surface area contributed by atoms with Crippen molar-refractivity contribution in [2.24, 2.45) is 0 Å². The van der Waals surface area contributed by atoms with Crippen molar-refractivity contribution in [1.82, 2.24) is 15.0 Å². The number of rotatable bonds is 7. The molecule has 0 N–H and O–H groups in total. The molecule has 0 aliphatic heterocycles. The first-order valence-corrected chi connectivity index (χ1v) is 8.41. The molecule has 26 heavy (non-hydrogen) atoms. The van der Waals surface area contributed by atoms with Crippen molar-refractivity contribution < 1.29 is 13.7 Å². The monoisotopic (exact) mass is 354 g/mol. The molecule has 136 valence electrons. The van der Waals surface area contributed by atoms with E-state index >= 15 is 0 Å². The van der Waals surface area contributed by atoms with Gasteiger partial charge in [-0.15, -0.1) is 0 Å². The first kappa shape index (κ1) is 17.7. The number of furan rings is 1. The van der Waals surface area contributed by atoms with Crippen LogP contribution in [-0.4, -0.2) is 41.6 Å². The van der Waals surface area contributed by atoms with Crippen LogP contribution in [0.3, 0.4) is 0 Å². The van der Waals surface area contributed by atoms with Gasteiger partial charge in [0.1, 0.15) is 5.76 Å². The predicted molar refractivity (Wildman–Crippen MR) is 97.6 cm³/mol. The number of hydrogen-bond donors (Lipinski definition) is 0. The minimum Gasteiger partial charge on any atom is -0.467 e. The van der Waals surface area contributed by atoms with Crippen molar-refractivity contribution in [1.29, 1.82) is 0 Å². The van der Waals surface area contributed by atoms with Crippen LogP contribution in [0.15, 0.2) is 51.6 Å². The van der Waals surface area contributed by atoms with E-state index in [0.717, 1.165) is 17.0 Å². The maximum Gasteiger partial charge on any atom is 0.228 e. The zero-order valence-electron chi connectivity index (χ0n) is 15.2. The minimum atomic E-state index is -0.0274. The summed E-state index contributed by atoms with van der Waals surface area (Å²) in [7, 11) is 3.98. The molecular formula is C19H22N4O3. The first-order valence-electron chi connectivity index (χ1n) is 8.41. The SMILES string of the molecule is CC(=O)N(CCc1nc(-c2ccc(N(C)C)cc2)no1)Cc1ccco1. The van der Waals surface area contributed by atoms with Crippen LogP contribution < -0.4 is 4.90 Å². The smallest absolute Gasteiger partial charge is 0.228 e. The molecular weight excluding hydrogens is 332 g/mol. The van der Waals surface area contributed by atoms with E-state index in [2.05, 4.69) is 10.1 Å². The molecule has 0 radical (unpaired) electrons. The van der Waals surface area contributed by atoms with Crippen LogP contribution >= 0.6 is 0 Å². The van der Waals surface area contributed by atoms with Crippen molar-refractivity contribution in [3.63, 3.8) is 0 Å². The Hall–Kier alpha value is -3.09. The average molecular weight is 354 g/mol. The molecule has 0 bridgehead atoms. The molecule has 3 aromatic rings. The third-order valence-corrected chi connectivity index (χ3v) is 4.08. The molecule has 1 aromatic carbocycles. The Balaban J connectivity index is 1.63. The highest BCUT2D eigenvalue weighted by molar-refractivity contribution is 5.73. The lowest BCUT2D eigenvalue weighted by Gasteiger charge is -2.18. The van der Waals surface area contributed by atoms with Crippen molar-refractivity contribution in [2.45, 2.75) is 19.9 Å². The van der Waals surface area contributed by atoms with Gasteiger partial charge in [-0.05, 0) is 36.4 Å². The zero-order chi connectivity index (χ0) is 18.5. The highest BCUT2D eigenvalue weighted by Crippen LogP contribution is 2.20. The standard InChI is InChI=1S/C19H22N4O3/c1-14(24)23(13-17-5-4-12-25-17)11-10-18-20-19(21-26-18)15-6-8-16(9-7-15)22(2)3/h4-9,12H,10-11,13H2,1-3H3. The van der Waals surface area contributed by atoms with Gasteiger partial charge < -0.3 is 18.7 Å². The molecule has 7 heteroatoms. The number of carbonyl (C=O) groups excluding carboxylic acids is 1. The summed E-state index contributed by atoms with van der Waals surface area (Å²) >= 11 is 0. The van der Waals surface area contributed by atoms with E-state index in [1.807, 2.05) is 49.3 Å². The summed E-state index contributed by atoms with van der Waals surface area (Å²) in [6, 6.07) is 11.6. The van der Waals surface area contributed by atoms with E-state index in [9.17, 15) is 4.79 Å². The quantitative estimate of drug-likeness (QED) is 0.649. The predicted octanol–water partition coefficient (Wildman–Crippen LogP) is 2.99. The van der Waals surface area contributed by atoms with E-state index in [0.29, 0.717) is 31.2 Å². The third-order valence-electron chi connectivity index (χ3n) is 4.08. The summed E-state index contributed by atoms with van der Waals surface area (Å²) in [4.78, 5) is 20.0. The summed E-state index contributed by atoms with van der Waals surface area (Å²) in [5.74, 6) is 1.76. The summed E-state index contributed by atoms with van der Waals surface area (Å²) in [6.07, 6.45) is 2.09. The van der Waals surface area contributed by atoms with Crippen LogP contribution in [0.1, 0.15) is 18.6 Å². The van der Waals surface area contributed by atoms with Crippen LogP contribution in [0, 0.1) is 0 Å². The lowest BCUT2D eigenvalue weighted by Crippen LogP contribution is -2.30. The number of benzene rings is 1. The van der Waals surface area contributed by atoms with Gasteiger partial charge in [-0.3, -0.25) is 4.79 Å². The van der Waals surface area contributed by atoms with Crippen molar-refractivity contribution in [3.05, 3.63) is 54.3 Å². The number of anilines is 1. The van der Waals surface area contributed by atoms with Gasteiger partial charge >= 0.3 is 0 Å². The van der Waals surface area contributed by atoms with Crippen LogP contribution in [0.25, 0.3) is 11.4 Å². The second-order valence-electron chi connectivity index (χ2n) is 6.22. The Labute approximate surface area is 152 Å². The first-order chi connectivity index (χ1) is 12.5. The summed E-state index contributed by atoms with van der Waals surface area (Å²) in [5, 5.41) is 4.04. The van der Waals surface area contributed by atoms with E-state index in [-0.39, 0.29) is 5.91 Å². The fourth-order valence-corrected chi connectivity index (χ4v) is 2.55. The second kappa shape index (κ2) is 7.86. The van der Waals surface area contributed by atoms with Gasteiger partial charge in [0.05, 0.1) is 12.8 Å². The maximum atomic E-state index is 11.8. The molecule has 0 atom stereocenters. The van der Waals surface area contributed by atoms with Gasteiger partial charge in [0.15, 0.2) is 0 Å². The second-order valence-corrected chi connectivity index (χ2v) is 6.22. The number of carbonyl (C=O) groups is 1. The van der Waals surface area contributed by atoms with E-state index in [4.69, 9.17) is 8.94 Å². The van der Waals surface area contributed by atoms with Gasteiger partial charge in [-0.25, -0.2) is 0 Å². The van der Waals surface area contributed by atoms with Crippen molar-refractivity contribution >= 4 is 11.6 Å². The van der Waals surface area contributed by atoms with E-state index in [1.54, 1.807) is 17.2 Å². The van der Waals surface area contributed by atoms with Crippen LogP contribution in [0.5, 0.6) is 0 Å². The third kappa shape index (κ3) is 4.30. The highest BCUT2D eigenvalue weighted by Gasteiger charge is 2.14. The fourth-order valence-electron chi connectivity index (χ4n) is 2.55. The van der Waals surface area contributed by atoms with E-state index in [1.165, 1.54) is 6.92 Å². The Kier molecular flexibility index (Phi) is 5.36. The van der Waals surface area contributed by atoms with Crippen LogP contribution in [0.2, 0.25) is 0 Å². The topological polar surface area (TPSA) is 75.6 Å². The molecule has 0 aliphatic carbocycles. The molecule has 2 heterocycles. The lowest BCUT2D eigenvalue weighted by atomic mass is 10.2. The van der Waals surface area contributed by atoms with Gasteiger partial charge in [0.25, 0.3) is 0 Å². The lowest BCUT2D eigenvalue weighted by molar-refractivity contribution is -0.129. The molecule has 1 amide bonds. The fraction of sp³-hybridized carbons (Fsp3) is 0.316. The zero-order valence-corrected chi connectivity index (χ0v) is 15.2. The largest absolute Gasteiger partial charge is 0.467 e. The molecule has 0 saturated carbocycles. The summed E-state index contributed by atoms with van der Waals surface area (Å²) in [5.41, 5.74) is 2.00. The van der Waals surface area contributed by atoms with Crippen LogP contribution in [-0.2, 0) is 17.8 Å². The number of nitrogens with zero attached hydrogens (tertiary/aromatic N) is 4. The normalized spacial score (nSPS) is 10.7. The molecule has 2 aromatic heterocycles. The Morgan fingerprint density at radius 2 is 1.92 bits per heavy atom. The molecule has 0 aliphatic rings. The molecule has 0 spiro atoms. The van der Waals surface area contributed by atoms with Crippen molar-refractivity contribution in [3.8, 4) is 11.4 Å². The molecule has 3 rings (SSSR count). The summed E-state index contributed by atoms with van der Waals surface area (Å²) < 4.78 is 10.6. The molecule has 0 saturated heterocycles. The average Bonchev–Trinajstić information content (AvgIpc) is 3.30. The number of amides is 1. The van der Waals surface area contributed by atoms with Gasteiger partial charge in [-0.1, -0.05) is 5.16 Å². The Morgan fingerprint density at radius 1 is 1.15 bits per heavy atom. The minimum absolute atomic E-state index is 0.0274. The van der Waals surface area contributed by atoms with Gasteiger partial charge in [0.2, 0.25) is 17.6 Å². The summed E-state index contributed by atoms with van der Waals surface area (Å²) in [6.45, 7) is 2.45. The van der Waals surface area contributed by atoms with Crippen LogP contribution in [0.4, 0.5) is 5.69 Å². The maximum absolute atomic E-state index is 11.8.